The molecule has 1 nitrogen and oxygen atoms in total. The summed E-state index contributed by atoms with van der Waals surface area (Å²) < 4.78 is 0.940. The van der Waals surface area contributed by atoms with Crippen molar-refractivity contribution >= 4 is 22.6 Å². The van der Waals surface area contributed by atoms with Gasteiger partial charge in [-0.3, -0.25) is 0 Å². The van der Waals surface area contributed by atoms with Crippen molar-refractivity contribution in [2.45, 2.75) is 16.4 Å². The summed E-state index contributed by atoms with van der Waals surface area (Å²) in [5, 5.41) is 10.2. The van der Waals surface area contributed by atoms with Crippen molar-refractivity contribution in [2.75, 3.05) is 0 Å². The molecule has 0 aliphatic heterocycles. The summed E-state index contributed by atoms with van der Waals surface area (Å²) in [6.07, 6.45) is 1.62. The minimum atomic E-state index is 0.125. The monoisotopic (exact) mass is 288 g/mol. The standard InChI is InChI=1S/C11H13IO/c12-10-6-2-1-3-4(6)9-8(10)5(2)7(3)11(9)13/h2-11,13H,1H2/t2-,3+,4-,5-,6-,7+,8+,9-,10+,11+/m0/s1. The lowest BCUT2D eigenvalue weighted by Gasteiger charge is -2.33. The Morgan fingerprint density at radius 1 is 0.846 bits per heavy atom. The fraction of sp³-hybridized carbons (Fsp3) is 1.00. The van der Waals surface area contributed by atoms with Crippen molar-refractivity contribution in [3.63, 3.8) is 0 Å². The molecule has 0 aromatic rings. The quantitative estimate of drug-likeness (QED) is 0.529. The summed E-state index contributed by atoms with van der Waals surface area (Å²) >= 11 is 2.70. The van der Waals surface area contributed by atoms with Crippen LogP contribution in [0.1, 0.15) is 6.42 Å². The van der Waals surface area contributed by atoms with E-state index in [2.05, 4.69) is 22.6 Å². The normalized spacial score (nSPS) is 85.4. The van der Waals surface area contributed by atoms with Crippen LogP contribution in [0, 0.1) is 47.3 Å². The highest BCUT2D eigenvalue weighted by Gasteiger charge is 2.82. The van der Waals surface area contributed by atoms with E-state index >= 15 is 0 Å². The Labute approximate surface area is 91.4 Å². The van der Waals surface area contributed by atoms with Gasteiger partial charge in [0.2, 0.25) is 0 Å². The van der Waals surface area contributed by atoms with Gasteiger partial charge in [-0.1, -0.05) is 22.6 Å². The van der Waals surface area contributed by atoms with Gasteiger partial charge in [-0.25, -0.2) is 0 Å². The van der Waals surface area contributed by atoms with Crippen LogP contribution in [-0.2, 0) is 0 Å². The van der Waals surface area contributed by atoms with Gasteiger partial charge in [-0.05, 0) is 53.8 Å². The first-order chi connectivity index (χ1) is 6.30. The topological polar surface area (TPSA) is 20.2 Å². The van der Waals surface area contributed by atoms with Crippen LogP contribution in [0.5, 0.6) is 0 Å². The molecule has 0 spiro atoms. The highest BCUT2D eigenvalue weighted by atomic mass is 127. The van der Waals surface area contributed by atoms with Crippen molar-refractivity contribution in [1.29, 1.82) is 0 Å². The maximum Gasteiger partial charge on any atom is 0.0608 e. The van der Waals surface area contributed by atoms with Crippen LogP contribution in [0.25, 0.3) is 0 Å². The van der Waals surface area contributed by atoms with Gasteiger partial charge in [0.15, 0.2) is 0 Å². The second-order valence-corrected chi connectivity index (χ2v) is 7.40. The maximum atomic E-state index is 10.2. The van der Waals surface area contributed by atoms with E-state index in [0.717, 1.165) is 51.3 Å². The molecule has 0 aromatic carbocycles. The number of rotatable bonds is 0. The largest absolute Gasteiger partial charge is 0.393 e. The highest BCUT2D eigenvalue weighted by Crippen LogP contribution is 2.83. The van der Waals surface area contributed by atoms with E-state index < -0.39 is 0 Å². The highest BCUT2D eigenvalue weighted by molar-refractivity contribution is 14.1. The van der Waals surface area contributed by atoms with E-state index in [9.17, 15) is 5.11 Å². The van der Waals surface area contributed by atoms with Gasteiger partial charge in [0.25, 0.3) is 0 Å². The van der Waals surface area contributed by atoms with E-state index in [0.29, 0.717) is 0 Å². The summed E-state index contributed by atoms with van der Waals surface area (Å²) in [5.74, 6) is 7.48. The smallest absolute Gasteiger partial charge is 0.0608 e. The van der Waals surface area contributed by atoms with Gasteiger partial charge in [0.1, 0.15) is 0 Å². The molecule has 0 aromatic heterocycles. The Balaban J connectivity index is 1.86. The van der Waals surface area contributed by atoms with Gasteiger partial charge in [-0.15, -0.1) is 0 Å². The third-order valence-electron chi connectivity index (χ3n) is 6.27. The summed E-state index contributed by atoms with van der Waals surface area (Å²) in [6, 6.07) is 0. The zero-order valence-electron chi connectivity index (χ0n) is 7.31. The van der Waals surface area contributed by atoms with E-state index in [1.807, 2.05) is 0 Å². The lowest BCUT2D eigenvalue weighted by molar-refractivity contribution is 0.116. The van der Waals surface area contributed by atoms with Gasteiger partial charge < -0.3 is 5.11 Å². The Kier molecular flexibility index (Phi) is 0.936. The Morgan fingerprint density at radius 3 is 2.31 bits per heavy atom. The van der Waals surface area contributed by atoms with Crippen LogP contribution in [-0.4, -0.2) is 15.1 Å². The fourth-order valence-electron chi connectivity index (χ4n) is 6.52. The molecule has 6 bridgehead atoms. The second kappa shape index (κ2) is 1.73. The average Bonchev–Trinajstić information content (AvgIpc) is 2.78. The molecule has 0 saturated heterocycles. The number of alkyl halides is 1. The summed E-state index contributed by atoms with van der Waals surface area (Å²) in [6.45, 7) is 0. The molecule has 0 radical (unpaired) electrons. The molecule has 6 aliphatic rings. The summed E-state index contributed by atoms with van der Waals surface area (Å²) in [7, 11) is 0. The van der Waals surface area contributed by atoms with Crippen molar-refractivity contribution in [1.82, 2.24) is 0 Å². The molecule has 6 rings (SSSR count). The second-order valence-electron chi connectivity index (χ2n) is 5.96. The lowest BCUT2D eigenvalue weighted by Crippen LogP contribution is -2.30. The fourth-order valence-corrected chi connectivity index (χ4v) is 8.49. The predicted octanol–water partition coefficient (Wildman–Crippen LogP) is 1.54. The molecule has 1 N–H and O–H groups in total. The first kappa shape index (κ1) is 7.04. The lowest BCUT2D eigenvalue weighted by atomic mass is 9.71. The molecular weight excluding hydrogens is 275 g/mol. The minimum Gasteiger partial charge on any atom is -0.393 e. The van der Waals surface area contributed by atoms with E-state index in [4.69, 9.17) is 0 Å². The SMILES string of the molecule is O[C@H]1[C@@H]2[C@@H]3[C@H](I)[C@H]4[C@H]5C[C@H]([C@H]24)[C@@H]1[C@H]53. The van der Waals surface area contributed by atoms with Crippen molar-refractivity contribution in [3.8, 4) is 0 Å². The van der Waals surface area contributed by atoms with E-state index in [1.54, 1.807) is 0 Å². The van der Waals surface area contributed by atoms with Crippen LogP contribution < -0.4 is 0 Å². The molecule has 13 heavy (non-hydrogen) atoms. The Hall–Kier alpha value is 0.690. The molecule has 0 unspecified atom stereocenters. The van der Waals surface area contributed by atoms with Gasteiger partial charge >= 0.3 is 0 Å². The molecule has 0 heterocycles. The number of hydrogen-bond donors (Lipinski definition) is 1. The van der Waals surface area contributed by atoms with Crippen LogP contribution in [0.2, 0.25) is 0 Å². The molecule has 6 fully saturated rings. The first-order valence-electron chi connectivity index (χ1n) is 5.63. The van der Waals surface area contributed by atoms with Gasteiger partial charge in [0.05, 0.1) is 6.10 Å². The van der Waals surface area contributed by atoms with E-state index in [1.165, 1.54) is 6.42 Å². The van der Waals surface area contributed by atoms with Crippen LogP contribution >= 0.6 is 22.6 Å². The zero-order valence-corrected chi connectivity index (χ0v) is 9.46. The predicted molar refractivity (Wildman–Crippen MR) is 56.4 cm³/mol. The van der Waals surface area contributed by atoms with Crippen molar-refractivity contribution in [3.05, 3.63) is 0 Å². The van der Waals surface area contributed by atoms with E-state index in [-0.39, 0.29) is 6.10 Å². The third-order valence-corrected chi connectivity index (χ3v) is 7.93. The van der Waals surface area contributed by atoms with Crippen LogP contribution in [0.4, 0.5) is 0 Å². The number of hydrogen-bond acceptors (Lipinski definition) is 1. The maximum absolute atomic E-state index is 10.2. The summed E-state index contributed by atoms with van der Waals surface area (Å²) in [5.41, 5.74) is 0. The molecule has 2 heteroatoms. The molecule has 6 saturated carbocycles. The summed E-state index contributed by atoms with van der Waals surface area (Å²) in [4.78, 5) is 0. The first-order valence-corrected chi connectivity index (χ1v) is 6.87. The number of aliphatic hydroxyl groups excluding tert-OH is 1. The van der Waals surface area contributed by atoms with Gasteiger partial charge in [-0.2, -0.15) is 0 Å². The minimum absolute atomic E-state index is 0.125. The van der Waals surface area contributed by atoms with Crippen molar-refractivity contribution < 1.29 is 5.11 Å². The Morgan fingerprint density at radius 2 is 1.54 bits per heavy atom. The molecular formula is C11H13IO. The van der Waals surface area contributed by atoms with Gasteiger partial charge in [0, 0.05) is 3.92 Å². The molecule has 6 aliphatic carbocycles. The molecule has 70 valence electrons. The van der Waals surface area contributed by atoms with Crippen LogP contribution in [0.3, 0.4) is 0 Å². The van der Waals surface area contributed by atoms with Crippen molar-refractivity contribution in [2.24, 2.45) is 47.3 Å². The zero-order chi connectivity index (χ0) is 8.48. The van der Waals surface area contributed by atoms with Crippen LogP contribution in [0.15, 0.2) is 0 Å². The molecule has 10 atom stereocenters. The average molecular weight is 288 g/mol. The number of aliphatic hydroxyl groups is 1. The Bertz CT molecular complexity index is 283. The third kappa shape index (κ3) is 0.451. The molecule has 0 amide bonds. The number of halogens is 1.